The summed E-state index contributed by atoms with van der Waals surface area (Å²) in [6, 6.07) is 19.9. The van der Waals surface area contributed by atoms with Gasteiger partial charge in [0, 0.05) is 17.7 Å². The molecule has 0 fully saturated rings. The average Bonchev–Trinajstić information content (AvgIpc) is 3.57. The number of nitrogens with one attached hydrogen (secondary N) is 1. The highest BCUT2D eigenvalue weighted by molar-refractivity contribution is 7.92. The molecule has 5 rings (SSSR count). The fourth-order valence-electron chi connectivity index (χ4n) is 3.33. The van der Waals surface area contributed by atoms with Crippen molar-refractivity contribution in [1.82, 2.24) is 20.3 Å². The number of nitrogens with zero attached hydrogens (tertiary/aromatic N) is 4. The van der Waals surface area contributed by atoms with Gasteiger partial charge in [-0.3, -0.25) is 4.72 Å². The molecule has 0 radical (unpaired) electrons. The van der Waals surface area contributed by atoms with E-state index in [0.717, 1.165) is 0 Å². The number of sulfonamides is 1. The van der Waals surface area contributed by atoms with Crippen molar-refractivity contribution in [2.24, 2.45) is 0 Å². The Morgan fingerprint density at radius 2 is 1.71 bits per heavy atom. The zero-order valence-corrected chi connectivity index (χ0v) is 21.4. The predicted molar refractivity (Wildman–Crippen MR) is 137 cm³/mol. The SMILES string of the molecule is Cc1cc(NS(=O)(=O)c2cccc(-c3noc(-c4cccc(OCCOc5ccccc5Cl)n4)n3)c2)no1. The number of hydrogen-bond donors (Lipinski definition) is 1. The third-order valence-electron chi connectivity index (χ3n) is 5.07. The van der Waals surface area contributed by atoms with E-state index in [1.54, 1.807) is 49.4 Å². The zero-order chi connectivity index (χ0) is 26.5. The second kappa shape index (κ2) is 10.9. The normalized spacial score (nSPS) is 11.3. The Labute approximate surface area is 222 Å². The van der Waals surface area contributed by atoms with Crippen LogP contribution in [-0.2, 0) is 10.0 Å². The molecule has 0 unspecified atom stereocenters. The van der Waals surface area contributed by atoms with Gasteiger partial charge in [0.25, 0.3) is 15.9 Å². The lowest BCUT2D eigenvalue weighted by Crippen LogP contribution is -2.13. The molecule has 0 atom stereocenters. The molecular weight excluding hydrogens is 534 g/mol. The van der Waals surface area contributed by atoms with Gasteiger partial charge in [-0.2, -0.15) is 4.98 Å². The van der Waals surface area contributed by atoms with Gasteiger partial charge in [0.2, 0.25) is 11.7 Å². The van der Waals surface area contributed by atoms with E-state index in [9.17, 15) is 8.42 Å². The maximum Gasteiger partial charge on any atom is 0.276 e. The first kappa shape index (κ1) is 25.2. The van der Waals surface area contributed by atoms with Crippen LogP contribution in [0.15, 0.2) is 86.7 Å². The van der Waals surface area contributed by atoms with Crippen LogP contribution >= 0.6 is 11.6 Å². The Morgan fingerprint density at radius 3 is 2.53 bits per heavy atom. The van der Waals surface area contributed by atoms with E-state index >= 15 is 0 Å². The molecule has 0 amide bonds. The van der Waals surface area contributed by atoms with Crippen LogP contribution < -0.4 is 14.2 Å². The first-order chi connectivity index (χ1) is 18.4. The maximum absolute atomic E-state index is 12.8. The number of para-hydroxylation sites is 1. The third-order valence-corrected chi connectivity index (χ3v) is 6.73. The van der Waals surface area contributed by atoms with E-state index in [4.69, 9.17) is 30.1 Å². The Bertz CT molecular complexity index is 1670. The van der Waals surface area contributed by atoms with Gasteiger partial charge in [0.05, 0.1) is 9.92 Å². The van der Waals surface area contributed by atoms with Crippen molar-refractivity contribution in [1.29, 1.82) is 0 Å². The summed E-state index contributed by atoms with van der Waals surface area (Å²) in [6.07, 6.45) is 0. The molecule has 0 aliphatic carbocycles. The van der Waals surface area contributed by atoms with Crippen molar-refractivity contribution in [3.8, 4) is 34.6 Å². The number of hydrogen-bond acceptors (Lipinski definition) is 10. The summed E-state index contributed by atoms with van der Waals surface area (Å²) < 4.78 is 49.5. The Morgan fingerprint density at radius 1 is 0.895 bits per heavy atom. The Hall–Kier alpha value is -4.42. The lowest BCUT2D eigenvalue weighted by molar-refractivity contribution is 0.212. The summed E-state index contributed by atoms with van der Waals surface area (Å²) in [6.45, 7) is 2.16. The highest BCUT2D eigenvalue weighted by atomic mass is 35.5. The molecule has 0 bridgehead atoms. The van der Waals surface area contributed by atoms with Gasteiger partial charge in [-0.1, -0.05) is 52.2 Å². The quantitative estimate of drug-likeness (QED) is 0.234. The minimum atomic E-state index is -3.92. The van der Waals surface area contributed by atoms with E-state index in [0.29, 0.717) is 33.7 Å². The first-order valence-electron chi connectivity index (χ1n) is 11.3. The topological polar surface area (TPSA) is 142 Å². The average molecular weight is 554 g/mol. The first-order valence-corrected chi connectivity index (χ1v) is 13.1. The monoisotopic (exact) mass is 553 g/mol. The Kier molecular flexibility index (Phi) is 7.24. The van der Waals surface area contributed by atoms with E-state index in [2.05, 4.69) is 25.0 Å². The molecule has 0 saturated carbocycles. The summed E-state index contributed by atoms with van der Waals surface area (Å²) >= 11 is 6.08. The van der Waals surface area contributed by atoms with Gasteiger partial charge in [-0.05, 0) is 37.3 Å². The van der Waals surface area contributed by atoms with Gasteiger partial charge in [0.15, 0.2) is 5.82 Å². The number of halogens is 1. The van der Waals surface area contributed by atoms with Crippen molar-refractivity contribution < 1.29 is 26.9 Å². The Balaban J connectivity index is 1.26. The molecule has 3 aromatic heterocycles. The molecular formula is C25H20ClN5O6S. The fraction of sp³-hybridized carbons (Fsp3) is 0.120. The summed E-state index contributed by atoms with van der Waals surface area (Å²) in [7, 11) is -3.92. The molecule has 0 aliphatic rings. The smallest absolute Gasteiger partial charge is 0.276 e. The largest absolute Gasteiger partial charge is 0.488 e. The van der Waals surface area contributed by atoms with Gasteiger partial charge in [-0.15, -0.1) is 0 Å². The predicted octanol–water partition coefficient (Wildman–Crippen LogP) is 5.01. The fourth-order valence-corrected chi connectivity index (χ4v) is 4.55. The second-order valence-corrected chi connectivity index (χ2v) is 9.96. The molecule has 5 aromatic rings. The zero-order valence-electron chi connectivity index (χ0n) is 19.9. The van der Waals surface area contributed by atoms with Gasteiger partial charge < -0.3 is 18.5 Å². The van der Waals surface area contributed by atoms with Crippen LogP contribution in [0.3, 0.4) is 0 Å². The molecule has 2 aromatic carbocycles. The molecule has 11 nitrogen and oxygen atoms in total. The van der Waals surface area contributed by atoms with Crippen molar-refractivity contribution in [2.45, 2.75) is 11.8 Å². The van der Waals surface area contributed by atoms with Crippen LogP contribution in [0.4, 0.5) is 5.82 Å². The number of benzene rings is 2. The maximum atomic E-state index is 12.8. The lowest BCUT2D eigenvalue weighted by atomic mass is 10.2. The highest BCUT2D eigenvalue weighted by Crippen LogP contribution is 2.26. The van der Waals surface area contributed by atoms with E-state index in [-0.39, 0.29) is 35.6 Å². The molecule has 3 heterocycles. The molecule has 1 N–H and O–H groups in total. The highest BCUT2D eigenvalue weighted by Gasteiger charge is 2.19. The number of pyridine rings is 1. The summed E-state index contributed by atoms with van der Waals surface area (Å²) in [5.41, 5.74) is 0.823. The number of aromatic nitrogens is 4. The number of anilines is 1. The molecule has 0 saturated heterocycles. The number of aryl methyl sites for hydroxylation is 1. The van der Waals surface area contributed by atoms with Crippen LogP contribution in [0.2, 0.25) is 5.02 Å². The van der Waals surface area contributed by atoms with Crippen molar-refractivity contribution in [3.05, 3.63) is 83.6 Å². The van der Waals surface area contributed by atoms with E-state index in [1.165, 1.54) is 18.2 Å². The molecule has 0 spiro atoms. The molecule has 13 heteroatoms. The summed E-state index contributed by atoms with van der Waals surface area (Å²) in [5, 5.41) is 8.15. The number of ether oxygens (including phenoxy) is 2. The molecule has 0 aliphatic heterocycles. The van der Waals surface area contributed by atoms with Gasteiger partial charge in [0.1, 0.15) is 30.4 Å². The van der Waals surface area contributed by atoms with Crippen LogP contribution in [0.5, 0.6) is 11.6 Å². The van der Waals surface area contributed by atoms with Crippen LogP contribution in [0.25, 0.3) is 23.0 Å². The van der Waals surface area contributed by atoms with Crippen molar-refractivity contribution >= 4 is 27.4 Å². The van der Waals surface area contributed by atoms with E-state index < -0.39 is 10.0 Å². The standard InChI is InChI=1S/C25H20ClN5O6S/c1-16-14-22(29-36-16)31-38(32,33)18-7-4-6-17(15-18)24-28-25(37-30-24)20-9-5-11-23(27-20)35-13-12-34-21-10-3-2-8-19(21)26/h2-11,14-15H,12-13H2,1H3,(H,29,31). The molecule has 38 heavy (non-hydrogen) atoms. The van der Waals surface area contributed by atoms with Gasteiger partial charge in [-0.25, -0.2) is 13.4 Å². The van der Waals surface area contributed by atoms with Crippen LogP contribution in [0, 0.1) is 6.92 Å². The minimum Gasteiger partial charge on any atom is -0.488 e. The third kappa shape index (κ3) is 5.93. The molecule has 194 valence electrons. The lowest BCUT2D eigenvalue weighted by Gasteiger charge is -2.09. The minimum absolute atomic E-state index is 0.00506. The van der Waals surface area contributed by atoms with E-state index in [1.807, 2.05) is 12.1 Å². The summed E-state index contributed by atoms with van der Waals surface area (Å²) in [5.74, 6) is 1.80. The van der Waals surface area contributed by atoms with Crippen molar-refractivity contribution in [3.63, 3.8) is 0 Å². The van der Waals surface area contributed by atoms with Crippen molar-refractivity contribution in [2.75, 3.05) is 17.9 Å². The van der Waals surface area contributed by atoms with Crippen LogP contribution in [0.1, 0.15) is 5.76 Å². The number of rotatable bonds is 10. The summed E-state index contributed by atoms with van der Waals surface area (Å²) in [4.78, 5) is 8.76. The van der Waals surface area contributed by atoms with Gasteiger partial charge >= 0.3 is 0 Å². The van der Waals surface area contributed by atoms with Crippen LogP contribution in [-0.4, -0.2) is 41.9 Å². The second-order valence-electron chi connectivity index (χ2n) is 7.87.